The molecule has 0 aliphatic carbocycles. The Labute approximate surface area is 96.2 Å². The van der Waals surface area contributed by atoms with Crippen molar-refractivity contribution in [2.75, 3.05) is 13.2 Å². The van der Waals surface area contributed by atoms with E-state index in [4.69, 9.17) is 15.6 Å². The van der Waals surface area contributed by atoms with Gasteiger partial charge in [0.1, 0.15) is 5.75 Å². The molecule has 0 unspecified atom stereocenters. The average molecular weight is 274 g/mol. The summed E-state index contributed by atoms with van der Waals surface area (Å²) in [5.74, 6) is -0.436. The molecule has 0 radical (unpaired) electrons. The van der Waals surface area contributed by atoms with E-state index in [0.29, 0.717) is 18.9 Å². The van der Waals surface area contributed by atoms with Crippen LogP contribution < -0.4 is 10.5 Å². The predicted octanol–water partition coefficient (Wildman–Crippen LogP) is 1.87. The molecule has 0 bridgehead atoms. The van der Waals surface area contributed by atoms with E-state index < -0.39 is 5.97 Å². The van der Waals surface area contributed by atoms with Crippen molar-refractivity contribution in [2.45, 2.75) is 6.42 Å². The molecule has 4 nitrogen and oxygen atoms in total. The highest BCUT2D eigenvalue weighted by molar-refractivity contribution is 9.10. The van der Waals surface area contributed by atoms with E-state index in [1.165, 1.54) is 12.1 Å². The highest BCUT2D eigenvalue weighted by Crippen LogP contribution is 2.26. The fourth-order valence-electron chi connectivity index (χ4n) is 1.01. The second kappa shape index (κ2) is 5.72. The number of rotatable bonds is 5. The Morgan fingerprint density at radius 2 is 2.27 bits per heavy atom. The number of hydrogen-bond donors (Lipinski definition) is 2. The number of carboxylic acids is 1. The normalized spacial score (nSPS) is 10.0. The first-order valence-corrected chi connectivity index (χ1v) is 5.30. The van der Waals surface area contributed by atoms with Crippen molar-refractivity contribution >= 4 is 21.9 Å². The third-order valence-corrected chi connectivity index (χ3v) is 2.44. The highest BCUT2D eigenvalue weighted by Gasteiger charge is 2.07. The molecule has 0 amide bonds. The lowest BCUT2D eigenvalue weighted by Crippen LogP contribution is -2.07. The lowest BCUT2D eigenvalue weighted by Gasteiger charge is -2.08. The SMILES string of the molecule is NCCCOc1cc(C(=O)O)ccc1Br. The highest BCUT2D eigenvalue weighted by atomic mass is 79.9. The molecule has 0 heterocycles. The van der Waals surface area contributed by atoms with Crippen molar-refractivity contribution in [3.8, 4) is 5.75 Å². The van der Waals surface area contributed by atoms with Gasteiger partial charge in [-0.3, -0.25) is 0 Å². The van der Waals surface area contributed by atoms with Crippen LogP contribution in [0.3, 0.4) is 0 Å². The van der Waals surface area contributed by atoms with Gasteiger partial charge in [0, 0.05) is 0 Å². The Morgan fingerprint density at radius 3 is 2.87 bits per heavy atom. The molecule has 1 rings (SSSR count). The molecule has 0 atom stereocenters. The summed E-state index contributed by atoms with van der Waals surface area (Å²) in [5.41, 5.74) is 5.53. The van der Waals surface area contributed by atoms with Gasteiger partial charge in [-0.15, -0.1) is 0 Å². The molecule has 1 aromatic carbocycles. The Balaban J connectivity index is 2.76. The number of nitrogens with two attached hydrogens (primary N) is 1. The monoisotopic (exact) mass is 273 g/mol. The van der Waals surface area contributed by atoms with Crippen LogP contribution in [0.5, 0.6) is 5.75 Å². The van der Waals surface area contributed by atoms with E-state index in [9.17, 15) is 4.79 Å². The number of aromatic carboxylic acids is 1. The Bertz CT molecular complexity index is 355. The number of ether oxygens (including phenoxy) is 1. The molecule has 0 aliphatic rings. The number of benzene rings is 1. The van der Waals surface area contributed by atoms with Crippen LogP contribution in [0, 0.1) is 0 Å². The fraction of sp³-hybridized carbons (Fsp3) is 0.300. The number of carboxylic acid groups (broad SMARTS) is 1. The lowest BCUT2D eigenvalue weighted by atomic mass is 10.2. The van der Waals surface area contributed by atoms with Crippen LogP contribution in [0.4, 0.5) is 0 Å². The van der Waals surface area contributed by atoms with E-state index >= 15 is 0 Å². The minimum atomic E-state index is -0.967. The van der Waals surface area contributed by atoms with E-state index in [1.54, 1.807) is 6.07 Å². The maximum Gasteiger partial charge on any atom is 0.335 e. The van der Waals surface area contributed by atoms with Crippen LogP contribution in [-0.4, -0.2) is 24.2 Å². The van der Waals surface area contributed by atoms with Gasteiger partial charge in [0.15, 0.2) is 0 Å². The first kappa shape index (κ1) is 12.0. The van der Waals surface area contributed by atoms with Gasteiger partial charge >= 0.3 is 5.97 Å². The van der Waals surface area contributed by atoms with Gasteiger partial charge in [-0.25, -0.2) is 4.79 Å². The second-order valence-electron chi connectivity index (χ2n) is 2.94. The maximum atomic E-state index is 10.7. The molecular weight excluding hydrogens is 262 g/mol. The molecule has 5 heteroatoms. The lowest BCUT2D eigenvalue weighted by molar-refractivity contribution is 0.0696. The minimum Gasteiger partial charge on any atom is -0.492 e. The summed E-state index contributed by atoms with van der Waals surface area (Å²) in [6, 6.07) is 4.66. The topological polar surface area (TPSA) is 72.5 Å². The summed E-state index contributed by atoms with van der Waals surface area (Å²) < 4.78 is 6.12. The number of carbonyl (C=O) groups is 1. The standard InChI is InChI=1S/C10H12BrNO3/c11-8-3-2-7(10(13)14)6-9(8)15-5-1-4-12/h2-3,6H,1,4-5,12H2,(H,13,14). The van der Waals surface area contributed by atoms with Crippen LogP contribution >= 0.6 is 15.9 Å². The third-order valence-electron chi connectivity index (χ3n) is 1.78. The summed E-state index contributed by atoms with van der Waals surface area (Å²) in [7, 11) is 0. The molecule has 0 fully saturated rings. The van der Waals surface area contributed by atoms with Gasteiger partial charge in [0.05, 0.1) is 16.6 Å². The molecule has 1 aromatic rings. The van der Waals surface area contributed by atoms with Crippen molar-refractivity contribution in [1.82, 2.24) is 0 Å². The van der Waals surface area contributed by atoms with Crippen LogP contribution in [0.1, 0.15) is 16.8 Å². The van der Waals surface area contributed by atoms with Crippen molar-refractivity contribution in [2.24, 2.45) is 5.73 Å². The van der Waals surface area contributed by atoms with Crippen LogP contribution in [0.2, 0.25) is 0 Å². The largest absolute Gasteiger partial charge is 0.492 e. The smallest absolute Gasteiger partial charge is 0.335 e. The first-order valence-electron chi connectivity index (χ1n) is 4.51. The van der Waals surface area contributed by atoms with Crippen LogP contribution in [0.15, 0.2) is 22.7 Å². The van der Waals surface area contributed by atoms with Crippen LogP contribution in [0.25, 0.3) is 0 Å². The van der Waals surface area contributed by atoms with Gasteiger partial charge in [0.2, 0.25) is 0 Å². The predicted molar refractivity (Wildman–Crippen MR) is 60.3 cm³/mol. The van der Waals surface area contributed by atoms with Gasteiger partial charge in [-0.1, -0.05) is 0 Å². The van der Waals surface area contributed by atoms with Crippen molar-refractivity contribution in [3.05, 3.63) is 28.2 Å². The second-order valence-corrected chi connectivity index (χ2v) is 3.80. The maximum absolute atomic E-state index is 10.7. The number of hydrogen-bond acceptors (Lipinski definition) is 3. The van der Waals surface area contributed by atoms with Gasteiger partial charge in [0.25, 0.3) is 0 Å². The zero-order valence-electron chi connectivity index (χ0n) is 8.07. The van der Waals surface area contributed by atoms with Crippen LogP contribution in [-0.2, 0) is 0 Å². The molecule has 0 saturated heterocycles. The first-order chi connectivity index (χ1) is 7.15. The quantitative estimate of drug-likeness (QED) is 0.804. The molecule has 0 spiro atoms. The van der Waals surface area contributed by atoms with Crippen molar-refractivity contribution in [1.29, 1.82) is 0 Å². The third kappa shape index (κ3) is 3.53. The number of halogens is 1. The van der Waals surface area contributed by atoms with Gasteiger partial charge < -0.3 is 15.6 Å². The average Bonchev–Trinajstić information content (AvgIpc) is 2.20. The summed E-state index contributed by atoms with van der Waals surface area (Å²) in [6.07, 6.45) is 0.740. The summed E-state index contributed by atoms with van der Waals surface area (Å²) >= 11 is 3.28. The van der Waals surface area contributed by atoms with E-state index in [1.807, 2.05) is 0 Å². The van der Waals surface area contributed by atoms with E-state index in [2.05, 4.69) is 15.9 Å². The Kier molecular flexibility index (Phi) is 4.58. The van der Waals surface area contributed by atoms with Gasteiger partial charge in [-0.05, 0) is 47.1 Å². The molecule has 15 heavy (non-hydrogen) atoms. The Hall–Kier alpha value is -1.07. The molecule has 3 N–H and O–H groups in total. The van der Waals surface area contributed by atoms with E-state index in [0.717, 1.165) is 10.9 Å². The molecule has 0 aliphatic heterocycles. The van der Waals surface area contributed by atoms with E-state index in [-0.39, 0.29) is 5.56 Å². The molecule has 0 aromatic heterocycles. The molecular formula is C10H12BrNO3. The summed E-state index contributed by atoms with van der Waals surface area (Å²) in [5, 5.41) is 8.78. The Morgan fingerprint density at radius 1 is 1.53 bits per heavy atom. The van der Waals surface area contributed by atoms with Crippen molar-refractivity contribution in [3.63, 3.8) is 0 Å². The minimum absolute atomic E-state index is 0.209. The van der Waals surface area contributed by atoms with Crippen molar-refractivity contribution < 1.29 is 14.6 Å². The summed E-state index contributed by atoms with van der Waals surface area (Å²) in [4.78, 5) is 10.7. The zero-order chi connectivity index (χ0) is 11.3. The van der Waals surface area contributed by atoms with Gasteiger partial charge in [-0.2, -0.15) is 0 Å². The molecule has 82 valence electrons. The summed E-state index contributed by atoms with van der Waals surface area (Å²) in [6.45, 7) is 1.04. The molecule has 0 saturated carbocycles. The zero-order valence-corrected chi connectivity index (χ0v) is 9.66. The fourth-order valence-corrected chi connectivity index (χ4v) is 1.37.